The van der Waals surface area contributed by atoms with Crippen LogP contribution >= 0.6 is 0 Å². The van der Waals surface area contributed by atoms with Crippen molar-refractivity contribution in [2.45, 2.75) is 33.2 Å². The monoisotopic (exact) mass is 374 g/mol. The molecule has 1 aliphatic rings. The summed E-state index contributed by atoms with van der Waals surface area (Å²) in [5.74, 6) is 2.27. The van der Waals surface area contributed by atoms with Crippen LogP contribution in [0.4, 0.5) is 5.82 Å². The van der Waals surface area contributed by atoms with E-state index in [0.29, 0.717) is 5.92 Å². The first-order valence-electron chi connectivity index (χ1n) is 9.86. The number of aryl methyl sites for hydroxylation is 1. The number of rotatable bonds is 4. The van der Waals surface area contributed by atoms with Gasteiger partial charge in [0.25, 0.3) is 0 Å². The summed E-state index contributed by atoms with van der Waals surface area (Å²) in [6.07, 6.45) is 4.09. The molecule has 6 nitrogen and oxygen atoms in total. The lowest BCUT2D eigenvalue weighted by molar-refractivity contribution is 0.249. The third-order valence-corrected chi connectivity index (χ3v) is 5.34. The van der Waals surface area contributed by atoms with Crippen molar-refractivity contribution < 1.29 is 0 Å². The van der Waals surface area contributed by atoms with E-state index in [0.717, 1.165) is 66.7 Å². The molecule has 0 bridgehead atoms. The second-order valence-corrected chi connectivity index (χ2v) is 7.78. The zero-order valence-electron chi connectivity index (χ0n) is 16.8. The fourth-order valence-corrected chi connectivity index (χ4v) is 3.80. The van der Waals surface area contributed by atoms with Crippen LogP contribution in [0.25, 0.3) is 5.52 Å². The Morgan fingerprint density at radius 3 is 2.64 bits per heavy atom. The van der Waals surface area contributed by atoms with Crippen molar-refractivity contribution in [1.82, 2.24) is 19.3 Å². The number of fused-ring (bicyclic) bond motifs is 1. The van der Waals surface area contributed by atoms with Gasteiger partial charge < -0.3 is 9.30 Å². The number of anilines is 1. The Hall–Kier alpha value is -2.91. The maximum absolute atomic E-state index is 9.62. The third-order valence-electron chi connectivity index (χ3n) is 5.34. The molecule has 3 aromatic rings. The number of piperazine rings is 1. The SMILES string of the molecule is Cc1cc(N2CCN(Cc3cn4ccccc4c3C#N)CC2)nc(C(C)C)n1. The quantitative estimate of drug-likeness (QED) is 0.701. The molecule has 1 saturated heterocycles. The third kappa shape index (κ3) is 3.58. The van der Waals surface area contributed by atoms with Crippen LogP contribution < -0.4 is 4.90 Å². The van der Waals surface area contributed by atoms with Gasteiger partial charge in [-0.25, -0.2) is 9.97 Å². The summed E-state index contributed by atoms with van der Waals surface area (Å²) in [6.45, 7) is 10.9. The highest BCUT2D eigenvalue weighted by Crippen LogP contribution is 2.22. The topological polar surface area (TPSA) is 60.5 Å². The van der Waals surface area contributed by atoms with E-state index in [1.54, 1.807) is 0 Å². The summed E-state index contributed by atoms with van der Waals surface area (Å²) in [5, 5.41) is 9.62. The molecule has 0 atom stereocenters. The van der Waals surface area contributed by atoms with Crippen LogP contribution in [0.1, 0.15) is 42.4 Å². The molecule has 0 aliphatic carbocycles. The molecule has 0 N–H and O–H groups in total. The number of hydrogen-bond donors (Lipinski definition) is 0. The molecule has 28 heavy (non-hydrogen) atoms. The van der Waals surface area contributed by atoms with E-state index in [1.807, 2.05) is 35.7 Å². The molecule has 0 amide bonds. The van der Waals surface area contributed by atoms with Crippen LogP contribution in [0, 0.1) is 18.3 Å². The Labute approximate surface area is 166 Å². The minimum Gasteiger partial charge on any atom is -0.354 e. The van der Waals surface area contributed by atoms with Gasteiger partial charge in [0, 0.05) is 68.4 Å². The summed E-state index contributed by atoms with van der Waals surface area (Å²) < 4.78 is 2.04. The average molecular weight is 374 g/mol. The molecule has 1 fully saturated rings. The molecular formula is C22H26N6. The van der Waals surface area contributed by atoms with Gasteiger partial charge in [-0.1, -0.05) is 19.9 Å². The van der Waals surface area contributed by atoms with Crippen molar-refractivity contribution >= 4 is 11.3 Å². The van der Waals surface area contributed by atoms with Crippen molar-refractivity contribution in [3.8, 4) is 6.07 Å². The lowest BCUT2D eigenvalue weighted by Crippen LogP contribution is -2.46. The Morgan fingerprint density at radius 1 is 1.14 bits per heavy atom. The minimum atomic E-state index is 0.327. The van der Waals surface area contributed by atoms with Gasteiger partial charge in [0.1, 0.15) is 17.7 Å². The lowest BCUT2D eigenvalue weighted by Gasteiger charge is -2.35. The average Bonchev–Trinajstić information content (AvgIpc) is 3.05. The summed E-state index contributed by atoms with van der Waals surface area (Å²) in [7, 11) is 0. The van der Waals surface area contributed by atoms with Gasteiger partial charge in [0.15, 0.2) is 0 Å². The summed E-state index contributed by atoms with van der Waals surface area (Å²) in [4.78, 5) is 14.1. The van der Waals surface area contributed by atoms with Gasteiger partial charge >= 0.3 is 0 Å². The van der Waals surface area contributed by atoms with Gasteiger partial charge in [0.05, 0.1) is 11.1 Å². The van der Waals surface area contributed by atoms with E-state index in [1.165, 1.54) is 0 Å². The smallest absolute Gasteiger partial charge is 0.133 e. The lowest BCUT2D eigenvalue weighted by atomic mass is 10.1. The van der Waals surface area contributed by atoms with Gasteiger partial charge in [-0.3, -0.25) is 4.90 Å². The first-order valence-corrected chi connectivity index (χ1v) is 9.86. The second-order valence-electron chi connectivity index (χ2n) is 7.78. The van der Waals surface area contributed by atoms with Gasteiger partial charge in [-0.05, 0) is 19.1 Å². The number of nitriles is 1. The fourth-order valence-electron chi connectivity index (χ4n) is 3.80. The summed E-state index contributed by atoms with van der Waals surface area (Å²) in [6, 6.07) is 10.4. The van der Waals surface area contributed by atoms with E-state index in [-0.39, 0.29) is 0 Å². The number of nitrogens with zero attached hydrogens (tertiary/aromatic N) is 6. The van der Waals surface area contributed by atoms with Crippen LogP contribution in [0.3, 0.4) is 0 Å². The molecule has 3 aromatic heterocycles. The molecule has 0 unspecified atom stereocenters. The molecule has 1 aliphatic heterocycles. The second kappa shape index (κ2) is 7.61. The zero-order chi connectivity index (χ0) is 19.7. The number of hydrogen-bond acceptors (Lipinski definition) is 5. The summed E-state index contributed by atoms with van der Waals surface area (Å²) >= 11 is 0. The van der Waals surface area contributed by atoms with Crippen molar-refractivity contribution in [3.63, 3.8) is 0 Å². The molecule has 144 valence electrons. The highest BCUT2D eigenvalue weighted by Gasteiger charge is 2.21. The van der Waals surface area contributed by atoms with Crippen LogP contribution in [0.2, 0.25) is 0 Å². The van der Waals surface area contributed by atoms with Crippen LogP contribution in [-0.2, 0) is 6.54 Å². The predicted octanol–water partition coefficient (Wildman–Crippen LogP) is 3.36. The highest BCUT2D eigenvalue weighted by molar-refractivity contribution is 5.65. The first kappa shape index (κ1) is 18.5. The highest BCUT2D eigenvalue weighted by atomic mass is 15.3. The minimum absolute atomic E-state index is 0.327. The maximum Gasteiger partial charge on any atom is 0.133 e. The predicted molar refractivity (Wildman–Crippen MR) is 110 cm³/mol. The zero-order valence-corrected chi connectivity index (χ0v) is 16.8. The van der Waals surface area contributed by atoms with E-state index in [9.17, 15) is 5.26 Å². The van der Waals surface area contributed by atoms with E-state index in [2.05, 4.69) is 47.0 Å². The molecule has 4 heterocycles. The van der Waals surface area contributed by atoms with Crippen LogP contribution in [-0.4, -0.2) is 45.4 Å². The van der Waals surface area contributed by atoms with E-state index < -0.39 is 0 Å². The molecule has 6 heteroatoms. The molecule has 0 saturated carbocycles. The summed E-state index contributed by atoms with van der Waals surface area (Å²) in [5.41, 5.74) is 3.89. The Bertz CT molecular complexity index is 1020. The van der Waals surface area contributed by atoms with Crippen molar-refractivity contribution in [2.24, 2.45) is 0 Å². The Balaban J connectivity index is 1.46. The van der Waals surface area contributed by atoms with Gasteiger partial charge in [-0.2, -0.15) is 5.26 Å². The standard InChI is InChI=1S/C22H26N6/c1-16(2)22-24-17(3)12-21(25-22)27-10-8-26(9-11-27)14-18-15-28-7-5-4-6-20(28)19(18)13-23/h4-7,12,15-16H,8-11,14H2,1-3H3. The first-order chi connectivity index (χ1) is 13.5. The fraction of sp³-hybridized carbons (Fsp3) is 0.409. The van der Waals surface area contributed by atoms with Crippen molar-refractivity contribution in [1.29, 1.82) is 5.26 Å². The molecule has 0 spiro atoms. The molecule has 0 aromatic carbocycles. The van der Waals surface area contributed by atoms with Crippen molar-refractivity contribution in [2.75, 3.05) is 31.1 Å². The van der Waals surface area contributed by atoms with Crippen molar-refractivity contribution in [3.05, 3.63) is 59.3 Å². The molecular weight excluding hydrogens is 348 g/mol. The van der Waals surface area contributed by atoms with E-state index in [4.69, 9.17) is 4.98 Å². The molecule has 4 rings (SSSR count). The van der Waals surface area contributed by atoms with E-state index >= 15 is 0 Å². The van der Waals surface area contributed by atoms with Gasteiger partial charge in [0.2, 0.25) is 0 Å². The normalized spacial score (nSPS) is 15.3. The number of aromatic nitrogens is 3. The Kier molecular flexibility index (Phi) is 5.01. The Morgan fingerprint density at radius 2 is 1.93 bits per heavy atom. The van der Waals surface area contributed by atoms with Crippen LogP contribution in [0.5, 0.6) is 0 Å². The maximum atomic E-state index is 9.62. The van der Waals surface area contributed by atoms with Crippen LogP contribution in [0.15, 0.2) is 36.7 Å². The largest absolute Gasteiger partial charge is 0.354 e. The molecule has 0 radical (unpaired) electrons. The number of pyridine rings is 1. The van der Waals surface area contributed by atoms with Gasteiger partial charge in [-0.15, -0.1) is 0 Å².